The first-order valence-electron chi connectivity index (χ1n) is 5.95. The predicted octanol–water partition coefficient (Wildman–Crippen LogP) is 4.05. The fourth-order valence-corrected chi connectivity index (χ4v) is 2.00. The second-order valence-corrected chi connectivity index (χ2v) is 4.92. The Balaban J connectivity index is 2.33. The summed E-state index contributed by atoms with van der Waals surface area (Å²) in [4.78, 5) is 12.0. The summed E-state index contributed by atoms with van der Waals surface area (Å²) < 4.78 is 13.6. The molecule has 0 saturated carbocycles. The summed E-state index contributed by atoms with van der Waals surface area (Å²) in [7, 11) is 0. The maximum Gasteiger partial charge on any atom is 0.258 e. The van der Waals surface area contributed by atoms with Gasteiger partial charge >= 0.3 is 0 Å². The molecule has 0 bridgehead atoms. The highest BCUT2D eigenvalue weighted by atomic mass is 35.5. The number of amides is 1. The van der Waals surface area contributed by atoms with E-state index in [1.54, 1.807) is 26.0 Å². The fraction of sp³-hybridized carbons (Fsp3) is 0.133. The molecule has 0 saturated heterocycles. The van der Waals surface area contributed by atoms with E-state index in [1.807, 2.05) is 0 Å². The smallest absolute Gasteiger partial charge is 0.258 e. The molecule has 2 N–H and O–H groups in total. The lowest BCUT2D eigenvalue weighted by molar-refractivity contribution is 0.102. The van der Waals surface area contributed by atoms with Crippen LogP contribution in [0.25, 0.3) is 0 Å². The van der Waals surface area contributed by atoms with Gasteiger partial charge in [0.2, 0.25) is 0 Å². The van der Waals surface area contributed by atoms with E-state index in [1.165, 1.54) is 12.1 Å². The van der Waals surface area contributed by atoms with Gasteiger partial charge in [0.1, 0.15) is 11.6 Å². The Labute approximate surface area is 121 Å². The Morgan fingerprint density at radius 3 is 2.65 bits per heavy atom. The first kappa shape index (κ1) is 14.3. The number of carbonyl (C=O) groups excluding carboxylic acids is 1. The number of benzene rings is 2. The molecule has 5 heteroatoms. The van der Waals surface area contributed by atoms with E-state index in [9.17, 15) is 14.3 Å². The number of aryl methyl sites for hydroxylation is 1. The molecule has 0 fully saturated rings. The highest BCUT2D eigenvalue weighted by Gasteiger charge is 2.14. The molecule has 0 heterocycles. The largest absolute Gasteiger partial charge is 0.507 e. The third-order valence-corrected chi connectivity index (χ3v) is 3.29. The number of hydrogen-bond donors (Lipinski definition) is 2. The quantitative estimate of drug-likeness (QED) is 0.877. The zero-order chi connectivity index (χ0) is 14.9. The Kier molecular flexibility index (Phi) is 3.95. The summed E-state index contributed by atoms with van der Waals surface area (Å²) in [5.74, 6) is -1.16. The minimum absolute atomic E-state index is 0.106. The Bertz CT molecular complexity index is 686. The van der Waals surface area contributed by atoms with E-state index in [2.05, 4.69) is 5.32 Å². The van der Waals surface area contributed by atoms with Crippen molar-refractivity contribution in [3.8, 4) is 5.75 Å². The van der Waals surface area contributed by atoms with Crippen LogP contribution in [0.5, 0.6) is 5.75 Å². The van der Waals surface area contributed by atoms with Gasteiger partial charge in [0, 0.05) is 16.3 Å². The van der Waals surface area contributed by atoms with Crippen LogP contribution < -0.4 is 5.32 Å². The summed E-state index contributed by atoms with van der Waals surface area (Å²) in [6.07, 6.45) is 0. The molecule has 0 atom stereocenters. The van der Waals surface area contributed by atoms with Crippen LogP contribution in [0.2, 0.25) is 5.02 Å². The number of phenols is 1. The van der Waals surface area contributed by atoms with E-state index in [-0.39, 0.29) is 16.3 Å². The average Bonchev–Trinajstić information content (AvgIpc) is 2.42. The van der Waals surface area contributed by atoms with Crippen LogP contribution in [0.4, 0.5) is 10.1 Å². The van der Waals surface area contributed by atoms with Gasteiger partial charge in [-0.15, -0.1) is 0 Å². The van der Waals surface area contributed by atoms with Crippen molar-refractivity contribution < 1.29 is 14.3 Å². The SMILES string of the molecule is Cc1ccc(NC(=O)c2cc(Cl)ccc2F)c(C)c1O. The fourth-order valence-electron chi connectivity index (χ4n) is 1.83. The third-order valence-electron chi connectivity index (χ3n) is 3.05. The lowest BCUT2D eigenvalue weighted by Crippen LogP contribution is -2.14. The Morgan fingerprint density at radius 2 is 1.95 bits per heavy atom. The molecule has 20 heavy (non-hydrogen) atoms. The van der Waals surface area contributed by atoms with Gasteiger partial charge in [0.25, 0.3) is 5.91 Å². The van der Waals surface area contributed by atoms with Gasteiger partial charge in [-0.25, -0.2) is 4.39 Å². The van der Waals surface area contributed by atoms with Gasteiger partial charge in [0.05, 0.1) is 5.56 Å². The number of aromatic hydroxyl groups is 1. The summed E-state index contributed by atoms with van der Waals surface area (Å²) in [6.45, 7) is 3.43. The molecule has 2 aromatic carbocycles. The van der Waals surface area contributed by atoms with E-state index in [0.29, 0.717) is 16.8 Å². The topological polar surface area (TPSA) is 49.3 Å². The molecule has 0 aromatic heterocycles. The van der Waals surface area contributed by atoms with Crippen LogP contribution in [-0.2, 0) is 0 Å². The molecule has 0 aliphatic heterocycles. The molecule has 0 radical (unpaired) electrons. The lowest BCUT2D eigenvalue weighted by atomic mass is 10.1. The van der Waals surface area contributed by atoms with E-state index >= 15 is 0 Å². The van der Waals surface area contributed by atoms with Crippen LogP contribution in [0.1, 0.15) is 21.5 Å². The number of halogens is 2. The van der Waals surface area contributed by atoms with Crippen molar-refractivity contribution in [2.45, 2.75) is 13.8 Å². The molecule has 2 rings (SSSR count). The van der Waals surface area contributed by atoms with Crippen molar-refractivity contribution in [1.29, 1.82) is 0 Å². The summed E-state index contributed by atoms with van der Waals surface area (Å²) >= 11 is 5.75. The summed E-state index contributed by atoms with van der Waals surface area (Å²) in [6, 6.07) is 7.10. The first-order chi connectivity index (χ1) is 9.40. The van der Waals surface area contributed by atoms with Crippen LogP contribution in [-0.4, -0.2) is 11.0 Å². The molecule has 0 unspecified atom stereocenters. The second kappa shape index (κ2) is 5.51. The lowest BCUT2D eigenvalue weighted by Gasteiger charge is -2.12. The van der Waals surface area contributed by atoms with Gasteiger partial charge in [-0.2, -0.15) is 0 Å². The van der Waals surface area contributed by atoms with Gasteiger partial charge in [-0.1, -0.05) is 17.7 Å². The van der Waals surface area contributed by atoms with Crippen LogP contribution in [0.15, 0.2) is 30.3 Å². The van der Waals surface area contributed by atoms with E-state index in [4.69, 9.17) is 11.6 Å². The minimum atomic E-state index is -0.652. The Morgan fingerprint density at radius 1 is 1.25 bits per heavy atom. The molecule has 2 aromatic rings. The molecular formula is C15H13ClFNO2. The number of rotatable bonds is 2. The maximum atomic E-state index is 13.6. The molecule has 104 valence electrons. The van der Waals surface area contributed by atoms with Crippen molar-refractivity contribution in [1.82, 2.24) is 0 Å². The Hall–Kier alpha value is -2.07. The maximum absolute atomic E-state index is 13.6. The third kappa shape index (κ3) is 2.75. The molecular weight excluding hydrogens is 281 g/mol. The number of phenolic OH excluding ortho intramolecular Hbond substituents is 1. The van der Waals surface area contributed by atoms with Gasteiger partial charge in [-0.05, 0) is 43.7 Å². The predicted molar refractivity (Wildman–Crippen MR) is 76.9 cm³/mol. The van der Waals surface area contributed by atoms with Crippen molar-refractivity contribution in [3.05, 3.63) is 57.9 Å². The zero-order valence-corrected chi connectivity index (χ0v) is 11.8. The van der Waals surface area contributed by atoms with Crippen LogP contribution >= 0.6 is 11.6 Å². The first-order valence-corrected chi connectivity index (χ1v) is 6.33. The number of anilines is 1. The molecule has 0 aliphatic rings. The van der Waals surface area contributed by atoms with Gasteiger partial charge < -0.3 is 10.4 Å². The zero-order valence-electron chi connectivity index (χ0n) is 11.0. The van der Waals surface area contributed by atoms with Crippen molar-refractivity contribution in [2.75, 3.05) is 5.32 Å². The normalized spacial score (nSPS) is 10.4. The van der Waals surface area contributed by atoms with E-state index in [0.717, 1.165) is 6.07 Å². The summed E-state index contributed by atoms with van der Waals surface area (Å²) in [5.41, 5.74) is 1.52. The standard InChI is InChI=1S/C15H13ClFNO2/c1-8-3-6-13(9(2)14(8)19)18-15(20)11-7-10(16)4-5-12(11)17/h3-7,19H,1-2H3,(H,18,20). The van der Waals surface area contributed by atoms with Gasteiger partial charge in [-0.3, -0.25) is 4.79 Å². The second-order valence-electron chi connectivity index (χ2n) is 4.48. The minimum Gasteiger partial charge on any atom is -0.507 e. The average molecular weight is 294 g/mol. The number of nitrogens with one attached hydrogen (secondary N) is 1. The van der Waals surface area contributed by atoms with Gasteiger partial charge in [0.15, 0.2) is 0 Å². The summed E-state index contributed by atoms with van der Waals surface area (Å²) in [5, 5.41) is 12.7. The monoisotopic (exact) mass is 293 g/mol. The highest BCUT2D eigenvalue weighted by molar-refractivity contribution is 6.31. The van der Waals surface area contributed by atoms with E-state index < -0.39 is 11.7 Å². The van der Waals surface area contributed by atoms with Crippen LogP contribution in [0, 0.1) is 19.7 Å². The number of carbonyl (C=O) groups is 1. The molecule has 3 nitrogen and oxygen atoms in total. The molecule has 1 amide bonds. The molecule has 0 spiro atoms. The number of hydrogen-bond acceptors (Lipinski definition) is 2. The van der Waals surface area contributed by atoms with Crippen molar-refractivity contribution >= 4 is 23.2 Å². The van der Waals surface area contributed by atoms with Crippen LogP contribution in [0.3, 0.4) is 0 Å². The highest BCUT2D eigenvalue weighted by Crippen LogP contribution is 2.28. The van der Waals surface area contributed by atoms with Crippen molar-refractivity contribution in [3.63, 3.8) is 0 Å². The van der Waals surface area contributed by atoms with Crippen molar-refractivity contribution in [2.24, 2.45) is 0 Å². The molecule has 0 aliphatic carbocycles.